The number of benzene rings is 3. The second-order valence-electron chi connectivity index (χ2n) is 6.17. The van der Waals surface area contributed by atoms with Gasteiger partial charge in [-0.2, -0.15) is 5.10 Å². The molecule has 0 atom stereocenters. The van der Waals surface area contributed by atoms with E-state index in [2.05, 4.69) is 42.2 Å². The van der Waals surface area contributed by atoms with Gasteiger partial charge in [-0.1, -0.05) is 42.0 Å². The molecule has 1 aromatic heterocycles. The van der Waals surface area contributed by atoms with Crippen LogP contribution in [0.15, 0.2) is 72.9 Å². The first-order valence-electron chi connectivity index (χ1n) is 8.27. The van der Waals surface area contributed by atoms with Gasteiger partial charge in [0, 0.05) is 16.3 Å². The molecule has 0 aliphatic carbocycles. The maximum atomic E-state index is 5.96. The minimum Gasteiger partial charge on any atom is -0.457 e. The highest BCUT2D eigenvalue weighted by Crippen LogP contribution is 2.31. The molecule has 1 heterocycles. The van der Waals surface area contributed by atoms with E-state index < -0.39 is 0 Å². The van der Waals surface area contributed by atoms with Gasteiger partial charge in [-0.05, 0) is 49.7 Å². The predicted octanol–water partition coefficient (Wildman–Crippen LogP) is 5.71. The molecule has 0 unspecified atom stereocenters. The first kappa shape index (κ1) is 15.3. The molecule has 4 rings (SSSR count). The third kappa shape index (κ3) is 3.09. The van der Waals surface area contributed by atoms with E-state index in [4.69, 9.17) is 4.74 Å². The summed E-state index contributed by atoms with van der Waals surface area (Å²) in [6.45, 7) is 4.15. The van der Waals surface area contributed by atoms with Crippen LogP contribution in [0, 0.1) is 13.8 Å². The van der Waals surface area contributed by atoms with Gasteiger partial charge in [0.05, 0.1) is 6.20 Å². The van der Waals surface area contributed by atoms with Crippen molar-refractivity contribution in [3.05, 3.63) is 84.1 Å². The van der Waals surface area contributed by atoms with Gasteiger partial charge in [0.15, 0.2) is 0 Å². The Balaban J connectivity index is 1.75. The normalized spacial score (nSPS) is 10.8. The van der Waals surface area contributed by atoms with Crippen LogP contribution in [-0.2, 0) is 0 Å². The minimum atomic E-state index is 0.792. The smallest absolute Gasteiger partial charge is 0.128 e. The number of hydrogen-bond donors (Lipinski definition) is 0. The van der Waals surface area contributed by atoms with Crippen molar-refractivity contribution in [1.82, 2.24) is 10.2 Å². The summed E-state index contributed by atoms with van der Waals surface area (Å²) in [5.41, 5.74) is 4.40. The minimum absolute atomic E-state index is 0.792. The molecule has 0 radical (unpaired) electrons. The summed E-state index contributed by atoms with van der Waals surface area (Å²) in [4.78, 5) is 0. The van der Waals surface area contributed by atoms with Crippen LogP contribution in [0.1, 0.15) is 11.1 Å². The summed E-state index contributed by atoms with van der Waals surface area (Å²) in [6, 6.07) is 22.3. The summed E-state index contributed by atoms with van der Waals surface area (Å²) in [6.07, 6.45) is 1.78. The first-order valence-corrected chi connectivity index (χ1v) is 8.27. The van der Waals surface area contributed by atoms with E-state index in [0.717, 1.165) is 33.5 Å². The summed E-state index contributed by atoms with van der Waals surface area (Å²) in [5.74, 6) is 1.62. The number of aryl methyl sites for hydroxylation is 2. The molecule has 122 valence electrons. The molecule has 4 aromatic rings. The predicted molar refractivity (Wildman–Crippen MR) is 101 cm³/mol. The van der Waals surface area contributed by atoms with E-state index in [0.29, 0.717) is 0 Å². The van der Waals surface area contributed by atoms with E-state index in [-0.39, 0.29) is 0 Å². The van der Waals surface area contributed by atoms with Crippen molar-refractivity contribution in [2.24, 2.45) is 0 Å². The SMILES string of the molecule is Cc1ccc(Oc2ccc3c(-c4ccccc4C)nncc3c2)cc1. The highest BCUT2D eigenvalue weighted by atomic mass is 16.5. The van der Waals surface area contributed by atoms with Crippen LogP contribution < -0.4 is 4.74 Å². The van der Waals surface area contributed by atoms with Gasteiger partial charge in [-0.3, -0.25) is 0 Å². The summed E-state index contributed by atoms with van der Waals surface area (Å²) in [7, 11) is 0. The molecule has 25 heavy (non-hydrogen) atoms. The van der Waals surface area contributed by atoms with Crippen molar-refractivity contribution in [3.8, 4) is 22.8 Å². The number of nitrogens with zero attached hydrogens (tertiary/aromatic N) is 2. The third-order valence-corrected chi connectivity index (χ3v) is 4.29. The standard InChI is InChI=1S/C22H18N2O/c1-15-7-9-18(10-8-15)25-19-11-12-21-17(13-19)14-23-24-22(21)20-6-4-3-5-16(20)2/h3-14H,1-2H3. The van der Waals surface area contributed by atoms with Crippen molar-refractivity contribution >= 4 is 10.8 Å². The Morgan fingerprint density at radius 2 is 1.56 bits per heavy atom. The van der Waals surface area contributed by atoms with Crippen molar-refractivity contribution in [3.63, 3.8) is 0 Å². The average Bonchev–Trinajstić information content (AvgIpc) is 2.63. The van der Waals surface area contributed by atoms with Crippen molar-refractivity contribution in [2.75, 3.05) is 0 Å². The molecule has 3 heteroatoms. The number of fused-ring (bicyclic) bond motifs is 1. The summed E-state index contributed by atoms with van der Waals surface area (Å²) in [5, 5.41) is 10.6. The highest BCUT2D eigenvalue weighted by Gasteiger charge is 2.09. The Morgan fingerprint density at radius 3 is 2.36 bits per heavy atom. The first-order chi connectivity index (χ1) is 12.2. The Bertz CT molecular complexity index is 1040. The zero-order valence-electron chi connectivity index (χ0n) is 14.2. The second-order valence-corrected chi connectivity index (χ2v) is 6.17. The van der Waals surface area contributed by atoms with E-state index in [1.807, 2.05) is 48.5 Å². The number of ether oxygens (including phenoxy) is 1. The van der Waals surface area contributed by atoms with E-state index >= 15 is 0 Å². The Kier molecular flexibility index (Phi) is 3.90. The number of rotatable bonds is 3. The molecule has 0 aliphatic heterocycles. The van der Waals surface area contributed by atoms with Crippen LogP contribution in [0.2, 0.25) is 0 Å². The van der Waals surface area contributed by atoms with Gasteiger partial charge in [0.25, 0.3) is 0 Å². The fourth-order valence-corrected chi connectivity index (χ4v) is 2.91. The van der Waals surface area contributed by atoms with Gasteiger partial charge in [0.2, 0.25) is 0 Å². The molecule has 0 N–H and O–H groups in total. The molecule has 3 nitrogen and oxygen atoms in total. The molecule has 0 spiro atoms. The molecule has 0 saturated heterocycles. The van der Waals surface area contributed by atoms with Crippen LogP contribution in [0.4, 0.5) is 0 Å². The molecule has 0 fully saturated rings. The summed E-state index contributed by atoms with van der Waals surface area (Å²) >= 11 is 0. The van der Waals surface area contributed by atoms with Crippen LogP contribution in [0.3, 0.4) is 0 Å². The topological polar surface area (TPSA) is 35.0 Å². The Morgan fingerprint density at radius 1 is 0.800 bits per heavy atom. The lowest BCUT2D eigenvalue weighted by Gasteiger charge is -2.10. The second kappa shape index (κ2) is 6.36. The highest BCUT2D eigenvalue weighted by molar-refractivity contribution is 5.95. The molecule has 3 aromatic carbocycles. The molecule has 0 saturated carbocycles. The van der Waals surface area contributed by atoms with Crippen molar-refractivity contribution in [1.29, 1.82) is 0 Å². The maximum absolute atomic E-state index is 5.96. The third-order valence-electron chi connectivity index (χ3n) is 4.29. The Labute approximate surface area is 146 Å². The molecular formula is C22H18N2O. The van der Waals surface area contributed by atoms with Gasteiger partial charge >= 0.3 is 0 Å². The quantitative estimate of drug-likeness (QED) is 0.484. The summed E-state index contributed by atoms with van der Waals surface area (Å²) < 4.78 is 5.96. The van der Waals surface area contributed by atoms with Crippen LogP contribution in [0.5, 0.6) is 11.5 Å². The number of hydrogen-bond acceptors (Lipinski definition) is 3. The molecule has 0 amide bonds. The number of aromatic nitrogens is 2. The van der Waals surface area contributed by atoms with E-state index in [1.54, 1.807) is 6.20 Å². The zero-order valence-corrected chi connectivity index (χ0v) is 14.2. The maximum Gasteiger partial charge on any atom is 0.128 e. The fourth-order valence-electron chi connectivity index (χ4n) is 2.91. The lowest BCUT2D eigenvalue weighted by Crippen LogP contribution is -1.92. The van der Waals surface area contributed by atoms with Crippen LogP contribution in [-0.4, -0.2) is 10.2 Å². The van der Waals surface area contributed by atoms with E-state index in [9.17, 15) is 0 Å². The van der Waals surface area contributed by atoms with E-state index in [1.165, 1.54) is 11.1 Å². The molecular weight excluding hydrogens is 308 g/mol. The van der Waals surface area contributed by atoms with Crippen molar-refractivity contribution < 1.29 is 4.74 Å². The Hall–Kier alpha value is -3.20. The molecule has 0 bridgehead atoms. The van der Waals surface area contributed by atoms with Crippen molar-refractivity contribution in [2.45, 2.75) is 13.8 Å². The average molecular weight is 326 g/mol. The van der Waals surface area contributed by atoms with Crippen LogP contribution in [0.25, 0.3) is 22.0 Å². The largest absolute Gasteiger partial charge is 0.457 e. The fraction of sp³-hybridized carbons (Fsp3) is 0.0909. The molecule has 0 aliphatic rings. The lowest BCUT2D eigenvalue weighted by atomic mass is 10.0. The van der Waals surface area contributed by atoms with Gasteiger partial charge in [0.1, 0.15) is 17.2 Å². The zero-order chi connectivity index (χ0) is 17.2. The van der Waals surface area contributed by atoms with Crippen LogP contribution >= 0.6 is 0 Å². The van der Waals surface area contributed by atoms with Gasteiger partial charge in [-0.25, -0.2) is 0 Å². The van der Waals surface area contributed by atoms with Gasteiger partial charge < -0.3 is 4.74 Å². The van der Waals surface area contributed by atoms with Gasteiger partial charge in [-0.15, -0.1) is 5.10 Å². The lowest BCUT2D eigenvalue weighted by molar-refractivity contribution is 0.483. The monoisotopic (exact) mass is 326 g/mol.